The third-order valence-corrected chi connectivity index (χ3v) is 3.00. The van der Waals surface area contributed by atoms with Gasteiger partial charge in [-0.25, -0.2) is 4.98 Å². The average Bonchev–Trinajstić information content (AvgIpc) is 2.70. The molecule has 0 aliphatic rings. The fourth-order valence-corrected chi connectivity index (χ4v) is 1.74. The minimum Gasteiger partial charge on any atom is -0.348 e. The van der Waals surface area contributed by atoms with Crippen LogP contribution in [0.25, 0.3) is 0 Å². The van der Waals surface area contributed by atoms with Gasteiger partial charge in [0.2, 0.25) is 5.91 Å². The van der Waals surface area contributed by atoms with Crippen molar-refractivity contribution < 1.29 is 4.79 Å². The number of nitrogens with two attached hydrogens (primary N) is 1. The topological polar surface area (TPSA) is 72.9 Å². The lowest BCUT2D eigenvalue weighted by molar-refractivity contribution is -0.124. The quantitative estimate of drug-likeness (QED) is 0.849. The summed E-state index contributed by atoms with van der Waals surface area (Å²) < 4.78 is 2.06. The van der Waals surface area contributed by atoms with E-state index in [1.54, 1.807) is 6.20 Å². The number of nitrogens with zero attached hydrogens (tertiary/aromatic N) is 2. The molecule has 0 fully saturated rings. The largest absolute Gasteiger partial charge is 0.348 e. The zero-order valence-corrected chi connectivity index (χ0v) is 12.6. The Kier molecular flexibility index (Phi) is 5.11. The van der Waals surface area contributed by atoms with Crippen molar-refractivity contribution in [3.63, 3.8) is 0 Å². The van der Waals surface area contributed by atoms with Crippen LogP contribution in [0.2, 0.25) is 0 Å². The second-order valence-corrected chi connectivity index (χ2v) is 6.45. The van der Waals surface area contributed by atoms with E-state index < -0.39 is 6.04 Å². The highest BCUT2D eigenvalue weighted by atomic mass is 16.2. The van der Waals surface area contributed by atoms with Crippen molar-refractivity contribution in [2.24, 2.45) is 17.1 Å². The number of aromatic nitrogens is 2. The standard InChI is InChI=1S/C14H26N4O/c1-10(2)9-18-7-6-16-11(18)8-17-13(19)12(15)14(3,4)5/h6-7,10,12H,8-9,15H2,1-5H3,(H,17,19)/t12-/m1/s1. The van der Waals surface area contributed by atoms with E-state index in [0.717, 1.165) is 12.4 Å². The normalized spacial score (nSPS) is 13.6. The average molecular weight is 266 g/mol. The van der Waals surface area contributed by atoms with Crippen molar-refractivity contribution in [2.75, 3.05) is 0 Å². The second-order valence-electron chi connectivity index (χ2n) is 6.45. The Morgan fingerprint density at radius 3 is 2.63 bits per heavy atom. The molecule has 1 aromatic rings. The third kappa shape index (κ3) is 4.67. The Labute approximate surface area is 115 Å². The van der Waals surface area contributed by atoms with E-state index in [2.05, 4.69) is 28.7 Å². The highest BCUT2D eigenvalue weighted by Crippen LogP contribution is 2.17. The second kappa shape index (κ2) is 6.19. The van der Waals surface area contributed by atoms with E-state index in [9.17, 15) is 4.79 Å². The van der Waals surface area contributed by atoms with Gasteiger partial charge in [0, 0.05) is 18.9 Å². The molecule has 1 atom stereocenters. The van der Waals surface area contributed by atoms with E-state index in [0.29, 0.717) is 12.5 Å². The van der Waals surface area contributed by atoms with Crippen molar-refractivity contribution in [2.45, 2.75) is 53.8 Å². The van der Waals surface area contributed by atoms with Crippen LogP contribution in [0.4, 0.5) is 0 Å². The van der Waals surface area contributed by atoms with Crippen LogP contribution in [-0.4, -0.2) is 21.5 Å². The lowest BCUT2D eigenvalue weighted by Gasteiger charge is -2.25. The molecule has 1 amide bonds. The first-order valence-corrected chi connectivity index (χ1v) is 6.75. The first-order chi connectivity index (χ1) is 8.71. The van der Waals surface area contributed by atoms with Gasteiger partial charge in [-0.05, 0) is 11.3 Å². The molecule has 1 aromatic heterocycles. The number of hydrogen-bond acceptors (Lipinski definition) is 3. The molecule has 108 valence electrons. The van der Waals surface area contributed by atoms with Crippen LogP contribution in [0.1, 0.15) is 40.4 Å². The molecule has 19 heavy (non-hydrogen) atoms. The number of amides is 1. The number of hydrogen-bond donors (Lipinski definition) is 2. The molecule has 3 N–H and O–H groups in total. The van der Waals surface area contributed by atoms with Gasteiger partial charge in [-0.2, -0.15) is 0 Å². The summed E-state index contributed by atoms with van der Waals surface area (Å²) in [5.74, 6) is 1.27. The molecule has 0 bridgehead atoms. The molecule has 5 nitrogen and oxygen atoms in total. The van der Waals surface area contributed by atoms with Gasteiger partial charge >= 0.3 is 0 Å². The van der Waals surface area contributed by atoms with Crippen molar-refractivity contribution in [3.05, 3.63) is 18.2 Å². The molecule has 0 saturated heterocycles. The minimum absolute atomic E-state index is 0.133. The third-order valence-electron chi connectivity index (χ3n) is 3.00. The van der Waals surface area contributed by atoms with Crippen LogP contribution < -0.4 is 11.1 Å². The zero-order valence-electron chi connectivity index (χ0n) is 12.6. The van der Waals surface area contributed by atoms with Gasteiger partial charge in [0.25, 0.3) is 0 Å². The molecular weight excluding hydrogens is 240 g/mol. The molecule has 1 heterocycles. The fraction of sp³-hybridized carbons (Fsp3) is 0.714. The number of nitrogens with one attached hydrogen (secondary N) is 1. The monoisotopic (exact) mass is 266 g/mol. The lowest BCUT2D eigenvalue weighted by Crippen LogP contribution is -2.48. The van der Waals surface area contributed by atoms with Crippen molar-refractivity contribution in [1.29, 1.82) is 0 Å². The summed E-state index contributed by atoms with van der Waals surface area (Å²) in [6.45, 7) is 11.5. The number of imidazole rings is 1. The molecule has 0 spiro atoms. The maximum absolute atomic E-state index is 11.9. The maximum Gasteiger partial charge on any atom is 0.237 e. The van der Waals surface area contributed by atoms with Gasteiger partial charge < -0.3 is 15.6 Å². The van der Waals surface area contributed by atoms with Gasteiger partial charge in [0.05, 0.1) is 12.6 Å². The summed E-state index contributed by atoms with van der Waals surface area (Å²) >= 11 is 0. The summed E-state index contributed by atoms with van der Waals surface area (Å²) in [7, 11) is 0. The van der Waals surface area contributed by atoms with Crippen molar-refractivity contribution >= 4 is 5.91 Å². The molecule has 1 rings (SSSR count). The SMILES string of the molecule is CC(C)Cn1ccnc1CNC(=O)[C@@H](N)C(C)(C)C. The van der Waals surface area contributed by atoms with E-state index in [-0.39, 0.29) is 11.3 Å². The molecule has 0 aliphatic heterocycles. The Morgan fingerprint density at radius 1 is 1.47 bits per heavy atom. The molecule has 0 unspecified atom stereocenters. The summed E-state index contributed by atoms with van der Waals surface area (Å²) in [5.41, 5.74) is 5.67. The summed E-state index contributed by atoms with van der Waals surface area (Å²) in [4.78, 5) is 16.2. The number of carbonyl (C=O) groups is 1. The van der Waals surface area contributed by atoms with Crippen LogP contribution in [0.5, 0.6) is 0 Å². The Morgan fingerprint density at radius 2 is 2.11 bits per heavy atom. The zero-order chi connectivity index (χ0) is 14.6. The first-order valence-electron chi connectivity index (χ1n) is 6.75. The Bertz CT molecular complexity index is 417. The Balaban J connectivity index is 2.58. The fourth-order valence-electron chi connectivity index (χ4n) is 1.74. The van der Waals surface area contributed by atoms with E-state index in [1.807, 2.05) is 27.0 Å². The molecule has 0 aliphatic carbocycles. The van der Waals surface area contributed by atoms with E-state index >= 15 is 0 Å². The smallest absolute Gasteiger partial charge is 0.237 e. The van der Waals surface area contributed by atoms with Gasteiger partial charge in [-0.1, -0.05) is 34.6 Å². The molecule has 0 saturated carbocycles. The van der Waals surface area contributed by atoms with Crippen LogP contribution in [0.3, 0.4) is 0 Å². The van der Waals surface area contributed by atoms with Gasteiger partial charge in [-0.3, -0.25) is 4.79 Å². The van der Waals surface area contributed by atoms with Crippen LogP contribution in [0.15, 0.2) is 12.4 Å². The van der Waals surface area contributed by atoms with Gasteiger partial charge in [0.15, 0.2) is 0 Å². The van der Waals surface area contributed by atoms with E-state index in [4.69, 9.17) is 5.73 Å². The van der Waals surface area contributed by atoms with Crippen LogP contribution in [-0.2, 0) is 17.9 Å². The van der Waals surface area contributed by atoms with E-state index in [1.165, 1.54) is 0 Å². The molecule has 5 heteroatoms. The highest BCUT2D eigenvalue weighted by Gasteiger charge is 2.27. The maximum atomic E-state index is 11.9. The lowest BCUT2D eigenvalue weighted by atomic mass is 9.87. The van der Waals surface area contributed by atoms with Gasteiger partial charge in [-0.15, -0.1) is 0 Å². The summed E-state index contributed by atoms with van der Waals surface area (Å²) in [5, 5.41) is 2.86. The molecule has 0 radical (unpaired) electrons. The van der Waals surface area contributed by atoms with Crippen LogP contribution in [0, 0.1) is 11.3 Å². The summed E-state index contributed by atoms with van der Waals surface area (Å²) in [6.07, 6.45) is 3.69. The number of rotatable bonds is 5. The Hall–Kier alpha value is -1.36. The van der Waals surface area contributed by atoms with Crippen molar-refractivity contribution in [3.8, 4) is 0 Å². The molecular formula is C14H26N4O. The van der Waals surface area contributed by atoms with Crippen LogP contribution >= 0.6 is 0 Å². The molecule has 0 aromatic carbocycles. The predicted octanol–water partition coefficient (Wildman–Crippen LogP) is 1.53. The number of carbonyl (C=O) groups excluding carboxylic acids is 1. The predicted molar refractivity (Wildman–Crippen MR) is 76.3 cm³/mol. The summed E-state index contributed by atoms with van der Waals surface area (Å²) in [6, 6.07) is -0.513. The highest BCUT2D eigenvalue weighted by molar-refractivity contribution is 5.82. The minimum atomic E-state index is -0.513. The van der Waals surface area contributed by atoms with Crippen molar-refractivity contribution in [1.82, 2.24) is 14.9 Å². The van der Waals surface area contributed by atoms with Gasteiger partial charge in [0.1, 0.15) is 5.82 Å². The first kappa shape index (κ1) is 15.7.